The number of rotatable bonds is 5. The molecule has 1 aliphatic rings. The number of pyridine rings is 1. The van der Waals surface area contributed by atoms with Crippen LogP contribution in [0.15, 0.2) is 47.2 Å². The molecule has 148 valence electrons. The van der Waals surface area contributed by atoms with E-state index in [2.05, 4.69) is 20.2 Å². The summed E-state index contributed by atoms with van der Waals surface area (Å²) in [7, 11) is 0. The van der Waals surface area contributed by atoms with E-state index in [4.69, 9.17) is 9.15 Å². The van der Waals surface area contributed by atoms with Gasteiger partial charge in [-0.2, -0.15) is 4.98 Å². The fourth-order valence-corrected chi connectivity index (χ4v) is 4.56. The van der Waals surface area contributed by atoms with Gasteiger partial charge in [-0.25, -0.2) is 4.98 Å². The Bertz CT molecular complexity index is 1150. The van der Waals surface area contributed by atoms with Crippen LogP contribution in [0.1, 0.15) is 18.9 Å². The van der Waals surface area contributed by atoms with Gasteiger partial charge in [0.2, 0.25) is 5.91 Å². The highest BCUT2D eigenvalue weighted by Gasteiger charge is 2.24. The van der Waals surface area contributed by atoms with E-state index in [1.54, 1.807) is 13.1 Å². The first-order valence-corrected chi connectivity index (χ1v) is 10.3. The maximum atomic E-state index is 11.2. The summed E-state index contributed by atoms with van der Waals surface area (Å²) in [6, 6.07) is 9.95. The molecule has 0 saturated carbocycles. The van der Waals surface area contributed by atoms with Crippen molar-refractivity contribution in [3.8, 4) is 10.9 Å². The number of hydrogen-bond acceptors (Lipinski definition) is 7. The van der Waals surface area contributed by atoms with Gasteiger partial charge in [0.15, 0.2) is 5.65 Å². The molecule has 1 N–H and O–H groups in total. The Kier molecular flexibility index (Phi) is 4.65. The van der Waals surface area contributed by atoms with Crippen molar-refractivity contribution in [1.29, 1.82) is 0 Å². The fourth-order valence-electron chi connectivity index (χ4n) is 3.77. The maximum absolute atomic E-state index is 11.2. The van der Waals surface area contributed by atoms with E-state index in [0.29, 0.717) is 16.6 Å². The Morgan fingerprint density at radius 3 is 3.21 bits per heavy atom. The Morgan fingerprint density at radius 2 is 2.34 bits per heavy atom. The average molecular weight is 408 g/mol. The molecule has 1 atom stereocenters. The summed E-state index contributed by atoms with van der Waals surface area (Å²) in [5.74, 6) is 0.714. The molecule has 0 spiro atoms. The van der Waals surface area contributed by atoms with Crippen LogP contribution in [0, 0.1) is 0 Å². The number of amides is 1. The molecule has 5 rings (SSSR count). The number of thiazole rings is 1. The Morgan fingerprint density at radius 1 is 1.41 bits per heavy atom. The third-order valence-electron chi connectivity index (χ3n) is 5.05. The van der Waals surface area contributed by atoms with Crippen LogP contribution < -0.4 is 10.1 Å². The van der Waals surface area contributed by atoms with Crippen LogP contribution in [0.2, 0.25) is 0 Å². The first kappa shape index (κ1) is 18.1. The molecule has 1 unspecified atom stereocenters. The normalized spacial score (nSPS) is 17.2. The molecule has 8 heteroatoms. The lowest BCUT2D eigenvalue weighted by atomic mass is 10.1. The molecule has 4 aromatic rings. The van der Waals surface area contributed by atoms with Crippen LogP contribution >= 0.6 is 11.3 Å². The molecule has 0 radical (unpaired) electrons. The number of carbonyl (C=O) groups is 1. The minimum absolute atomic E-state index is 0.0297. The van der Waals surface area contributed by atoms with E-state index in [-0.39, 0.29) is 11.9 Å². The molecule has 1 fully saturated rings. The number of aromatic nitrogens is 2. The number of benzene rings is 1. The van der Waals surface area contributed by atoms with E-state index >= 15 is 0 Å². The number of fused-ring (bicyclic) bond motifs is 2. The van der Waals surface area contributed by atoms with Gasteiger partial charge in [-0.15, -0.1) is 0 Å². The fraction of sp³-hybridized carbons (Fsp3) is 0.286. The molecule has 7 nitrogen and oxygen atoms in total. The second-order valence-electron chi connectivity index (χ2n) is 7.25. The van der Waals surface area contributed by atoms with Crippen LogP contribution in [-0.2, 0) is 11.3 Å². The van der Waals surface area contributed by atoms with Gasteiger partial charge >= 0.3 is 0 Å². The van der Waals surface area contributed by atoms with Crippen molar-refractivity contribution in [2.75, 3.05) is 13.1 Å². The van der Waals surface area contributed by atoms with Crippen LogP contribution in [-0.4, -0.2) is 39.9 Å². The molecule has 3 aromatic heterocycles. The Balaban J connectivity index is 1.30. The minimum atomic E-state index is 0.0297. The third-order valence-corrected chi connectivity index (χ3v) is 5.94. The minimum Gasteiger partial charge on any atom is -0.464 e. The van der Waals surface area contributed by atoms with E-state index in [0.717, 1.165) is 47.3 Å². The van der Waals surface area contributed by atoms with Crippen molar-refractivity contribution in [2.24, 2.45) is 0 Å². The highest BCUT2D eigenvalue weighted by atomic mass is 32.1. The maximum Gasteiger partial charge on any atom is 0.281 e. The summed E-state index contributed by atoms with van der Waals surface area (Å²) < 4.78 is 12.7. The van der Waals surface area contributed by atoms with Gasteiger partial charge in [0.05, 0.1) is 11.0 Å². The summed E-state index contributed by atoms with van der Waals surface area (Å²) in [6.07, 6.45) is 4.51. The van der Waals surface area contributed by atoms with Crippen LogP contribution in [0.3, 0.4) is 0 Å². The van der Waals surface area contributed by atoms with Gasteiger partial charge in [-0.3, -0.25) is 9.69 Å². The van der Waals surface area contributed by atoms with E-state index in [1.165, 1.54) is 11.3 Å². The lowest BCUT2D eigenvalue weighted by Crippen LogP contribution is -2.35. The number of nitrogens with one attached hydrogen (secondary N) is 1. The molecule has 1 amide bonds. The lowest BCUT2D eigenvalue weighted by Gasteiger charge is -2.15. The van der Waals surface area contributed by atoms with Gasteiger partial charge in [0.1, 0.15) is 11.3 Å². The van der Waals surface area contributed by atoms with E-state index in [1.807, 2.05) is 36.6 Å². The van der Waals surface area contributed by atoms with Gasteiger partial charge in [0.25, 0.3) is 5.19 Å². The number of furan rings is 1. The van der Waals surface area contributed by atoms with Crippen molar-refractivity contribution < 1.29 is 13.9 Å². The second-order valence-corrected chi connectivity index (χ2v) is 8.24. The van der Waals surface area contributed by atoms with Gasteiger partial charge in [-0.05, 0) is 30.7 Å². The molecule has 1 saturated heterocycles. The smallest absolute Gasteiger partial charge is 0.281 e. The van der Waals surface area contributed by atoms with Crippen LogP contribution in [0.4, 0.5) is 0 Å². The summed E-state index contributed by atoms with van der Waals surface area (Å²) in [4.78, 5) is 22.2. The highest BCUT2D eigenvalue weighted by Crippen LogP contribution is 2.33. The van der Waals surface area contributed by atoms with Gasteiger partial charge in [-0.1, -0.05) is 11.3 Å². The zero-order valence-electron chi connectivity index (χ0n) is 15.9. The van der Waals surface area contributed by atoms with Crippen molar-refractivity contribution in [2.45, 2.75) is 25.9 Å². The quantitative estimate of drug-likeness (QED) is 0.539. The SMILES string of the molecule is CC(=O)NC1CCN(Cc2coc3cc(Oc4nc5ncccc5s4)ccc23)C1. The first-order chi connectivity index (χ1) is 14.1. The number of carbonyl (C=O) groups excluding carboxylic acids is 1. The number of ether oxygens (including phenoxy) is 1. The summed E-state index contributed by atoms with van der Waals surface area (Å²) in [5, 5.41) is 4.63. The predicted molar refractivity (Wildman–Crippen MR) is 111 cm³/mol. The summed E-state index contributed by atoms with van der Waals surface area (Å²) >= 11 is 1.47. The average Bonchev–Trinajstić information content (AvgIpc) is 3.40. The topological polar surface area (TPSA) is 80.5 Å². The van der Waals surface area contributed by atoms with Gasteiger partial charge < -0.3 is 14.5 Å². The number of hydrogen-bond donors (Lipinski definition) is 1. The highest BCUT2D eigenvalue weighted by molar-refractivity contribution is 7.20. The molecule has 0 bridgehead atoms. The zero-order chi connectivity index (χ0) is 19.8. The van der Waals surface area contributed by atoms with Crippen molar-refractivity contribution in [3.05, 3.63) is 48.4 Å². The molecular formula is C21H20N4O3S. The molecule has 1 aromatic carbocycles. The van der Waals surface area contributed by atoms with E-state index < -0.39 is 0 Å². The lowest BCUT2D eigenvalue weighted by molar-refractivity contribution is -0.119. The number of nitrogens with zero attached hydrogens (tertiary/aromatic N) is 3. The number of likely N-dealkylation sites (tertiary alicyclic amines) is 1. The zero-order valence-corrected chi connectivity index (χ0v) is 16.7. The summed E-state index contributed by atoms with van der Waals surface area (Å²) in [6.45, 7) is 4.19. The molecule has 1 aliphatic heterocycles. The summed E-state index contributed by atoms with van der Waals surface area (Å²) in [5.41, 5.74) is 2.62. The molecule has 29 heavy (non-hydrogen) atoms. The standard InChI is InChI=1S/C21H20N4O3S/c1-13(26)23-15-6-8-25(11-15)10-14-12-27-18-9-16(4-5-17(14)18)28-21-24-20-19(29-21)3-2-7-22-20/h2-5,7,9,12,15H,6,8,10-11H2,1H3,(H,23,26). The largest absolute Gasteiger partial charge is 0.464 e. The molecule has 0 aliphatic carbocycles. The molecular weight excluding hydrogens is 388 g/mol. The van der Waals surface area contributed by atoms with Crippen molar-refractivity contribution in [1.82, 2.24) is 20.2 Å². The molecule has 4 heterocycles. The van der Waals surface area contributed by atoms with Crippen LogP contribution in [0.25, 0.3) is 21.3 Å². The predicted octanol–water partition coefficient (Wildman–Crippen LogP) is 3.94. The van der Waals surface area contributed by atoms with E-state index in [9.17, 15) is 4.79 Å². The van der Waals surface area contributed by atoms with Crippen molar-refractivity contribution in [3.63, 3.8) is 0 Å². The van der Waals surface area contributed by atoms with Gasteiger partial charge in [0, 0.05) is 55.8 Å². The Hall–Kier alpha value is -2.97. The Labute approximate surface area is 171 Å². The van der Waals surface area contributed by atoms with Crippen molar-refractivity contribution >= 4 is 38.6 Å². The van der Waals surface area contributed by atoms with Crippen LogP contribution in [0.5, 0.6) is 10.9 Å². The first-order valence-electron chi connectivity index (χ1n) is 9.53. The monoisotopic (exact) mass is 408 g/mol. The second kappa shape index (κ2) is 7.46. The third kappa shape index (κ3) is 3.81.